The molecular weight excluding hydrogens is 554 g/mol. The zero-order valence-corrected chi connectivity index (χ0v) is 23.8. The van der Waals surface area contributed by atoms with Gasteiger partial charge in [0.25, 0.3) is 5.56 Å². The molecule has 45 heavy (non-hydrogen) atoms. The van der Waals surface area contributed by atoms with Crippen molar-refractivity contribution < 1.29 is 0 Å². The van der Waals surface area contributed by atoms with Crippen LogP contribution in [0.25, 0.3) is 43.8 Å². The highest BCUT2D eigenvalue weighted by atomic mass is 16.1. The van der Waals surface area contributed by atoms with Gasteiger partial charge in [0, 0.05) is 16.2 Å². The van der Waals surface area contributed by atoms with E-state index < -0.39 is 0 Å². The number of allylic oxidation sites excluding steroid dienone is 2. The average molecular weight is 576 g/mol. The van der Waals surface area contributed by atoms with Crippen molar-refractivity contribution in [2.24, 2.45) is 4.99 Å². The van der Waals surface area contributed by atoms with Gasteiger partial charge in [-0.05, 0) is 93.4 Å². The average Bonchev–Trinajstić information content (AvgIpc) is 3.50. The fraction of sp³-hybridized carbons (Fsp3) is 0.0513. The Morgan fingerprint density at radius 1 is 0.622 bits per heavy atom. The lowest BCUT2D eigenvalue weighted by Crippen LogP contribution is -2.35. The maximum absolute atomic E-state index is 14.4. The summed E-state index contributed by atoms with van der Waals surface area (Å²) in [6.45, 7) is 0. The first-order chi connectivity index (χ1) is 22.1. The molecule has 0 amide bonds. The number of nitriles is 3. The molecule has 0 fully saturated rings. The lowest BCUT2D eigenvalue weighted by molar-refractivity contribution is 0.588. The summed E-state index contributed by atoms with van der Waals surface area (Å²) in [5, 5.41) is 31.3. The summed E-state index contributed by atoms with van der Waals surface area (Å²) in [5.74, 6) is 0. The maximum atomic E-state index is 14.4. The SMILES string of the molecule is N#Cc1ccc(C2=CC3C(N=c4c5ccc(-c6ccc(C#N)cc6)c6cccc(c(=O)n43)c65)C(c3ccc(C#N)cc3)=C2)cc1. The highest BCUT2D eigenvalue weighted by Crippen LogP contribution is 2.41. The number of hydrogen-bond acceptors (Lipinski definition) is 5. The summed E-state index contributed by atoms with van der Waals surface area (Å²) in [7, 11) is 0. The van der Waals surface area contributed by atoms with Crippen LogP contribution in [0, 0.1) is 34.0 Å². The molecule has 6 aromatic rings. The Labute approximate surface area is 258 Å². The second kappa shape index (κ2) is 10.0. The zero-order chi connectivity index (χ0) is 30.7. The molecule has 0 spiro atoms. The molecule has 1 aliphatic carbocycles. The molecule has 0 saturated heterocycles. The van der Waals surface area contributed by atoms with Gasteiger partial charge in [-0.3, -0.25) is 14.4 Å². The fourth-order valence-corrected chi connectivity index (χ4v) is 6.67. The molecule has 6 heteroatoms. The van der Waals surface area contributed by atoms with Gasteiger partial charge in [-0.25, -0.2) is 0 Å². The molecule has 2 heterocycles. The minimum atomic E-state index is -0.365. The van der Waals surface area contributed by atoms with Crippen LogP contribution in [0.2, 0.25) is 0 Å². The van der Waals surface area contributed by atoms with Crippen molar-refractivity contribution in [1.82, 2.24) is 4.57 Å². The van der Waals surface area contributed by atoms with Crippen molar-refractivity contribution in [3.05, 3.63) is 159 Å². The van der Waals surface area contributed by atoms with Crippen LogP contribution in [-0.4, -0.2) is 10.6 Å². The van der Waals surface area contributed by atoms with E-state index in [-0.39, 0.29) is 17.6 Å². The molecule has 1 aliphatic heterocycles. The first kappa shape index (κ1) is 26.1. The topological polar surface area (TPSA) is 106 Å². The van der Waals surface area contributed by atoms with Gasteiger partial charge in [0.15, 0.2) is 0 Å². The number of hydrogen-bond donors (Lipinski definition) is 0. The van der Waals surface area contributed by atoms with Crippen molar-refractivity contribution in [3.8, 4) is 29.3 Å². The van der Waals surface area contributed by atoms with Gasteiger partial charge in [0.05, 0.1) is 40.9 Å². The molecule has 2 unspecified atom stereocenters. The molecule has 0 N–H and O–H groups in total. The summed E-state index contributed by atoms with van der Waals surface area (Å²) >= 11 is 0. The Morgan fingerprint density at radius 2 is 1.20 bits per heavy atom. The quantitative estimate of drug-likeness (QED) is 0.229. The predicted molar refractivity (Wildman–Crippen MR) is 174 cm³/mol. The van der Waals surface area contributed by atoms with Gasteiger partial charge in [-0.15, -0.1) is 0 Å². The minimum Gasteiger partial charge on any atom is -0.283 e. The number of aromatic nitrogens is 1. The Balaban J connectivity index is 1.37. The second-order valence-electron chi connectivity index (χ2n) is 11.2. The molecule has 8 rings (SSSR count). The van der Waals surface area contributed by atoms with Gasteiger partial charge in [0.2, 0.25) is 0 Å². The van der Waals surface area contributed by atoms with E-state index in [4.69, 9.17) is 4.99 Å². The Morgan fingerprint density at radius 3 is 1.82 bits per heavy atom. The van der Waals surface area contributed by atoms with Crippen molar-refractivity contribution >= 4 is 32.7 Å². The van der Waals surface area contributed by atoms with Gasteiger partial charge < -0.3 is 0 Å². The number of pyridine rings is 1. The lowest BCUT2D eigenvalue weighted by Gasteiger charge is -2.26. The molecule has 208 valence electrons. The van der Waals surface area contributed by atoms with Crippen LogP contribution in [0.5, 0.6) is 0 Å². The Bertz CT molecular complexity index is 2520. The molecule has 2 atom stereocenters. The molecule has 0 saturated carbocycles. The molecular formula is C39H21N5O. The largest absolute Gasteiger partial charge is 0.283 e. The van der Waals surface area contributed by atoms with E-state index >= 15 is 0 Å². The first-order valence-corrected chi connectivity index (χ1v) is 14.5. The van der Waals surface area contributed by atoms with Crippen molar-refractivity contribution in [1.29, 1.82) is 15.8 Å². The molecule has 2 aliphatic rings. The van der Waals surface area contributed by atoms with E-state index in [2.05, 4.69) is 36.4 Å². The maximum Gasteiger partial charge on any atom is 0.260 e. The fourth-order valence-electron chi connectivity index (χ4n) is 6.67. The van der Waals surface area contributed by atoms with Gasteiger partial charge >= 0.3 is 0 Å². The third kappa shape index (κ3) is 4.00. The summed E-state index contributed by atoms with van der Waals surface area (Å²) in [6, 6.07) is 38.1. The molecule has 5 aromatic carbocycles. The van der Waals surface area contributed by atoms with Crippen LogP contribution in [0.3, 0.4) is 0 Å². The van der Waals surface area contributed by atoms with Crippen LogP contribution < -0.4 is 11.0 Å². The highest BCUT2D eigenvalue weighted by Gasteiger charge is 2.36. The van der Waals surface area contributed by atoms with Gasteiger partial charge in [-0.2, -0.15) is 15.8 Å². The van der Waals surface area contributed by atoms with E-state index in [0.717, 1.165) is 49.6 Å². The third-order valence-corrected chi connectivity index (χ3v) is 8.84. The van der Waals surface area contributed by atoms with E-state index in [1.54, 1.807) is 36.4 Å². The van der Waals surface area contributed by atoms with E-state index in [0.29, 0.717) is 27.6 Å². The van der Waals surface area contributed by atoms with E-state index in [9.17, 15) is 20.6 Å². The van der Waals surface area contributed by atoms with Crippen LogP contribution in [0.4, 0.5) is 0 Å². The number of rotatable bonds is 3. The number of benzene rings is 5. The molecule has 1 aromatic heterocycles. The van der Waals surface area contributed by atoms with E-state index in [1.165, 1.54) is 0 Å². The summed E-state index contributed by atoms with van der Waals surface area (Å²) in [4.78, 5) is 19.7. The smallest absolute Gasteiger partial charge is 0.260 e. The van der Waals surface area contributed by atoms with Crippen molar-refractivity contribution in [2.75, 3.05) is 0 Å². The second-order valence-corrected chi connectivity index (χ2v) is 11.2. The molecule has 0 radical (unpaired) electrons. The highest BCUT2D eigenvalue weighted by molar-refractivity contribution is 6.14. The number of nitrogens with zero attached hydrogens (tertiary/aromatic N) is 5. The molecule has 6 nitrogen and oxygen atoms in total. The Hall–Kier alpha value is -6.55. The Kier molecular flexibility index (Phi) is 5.82. The van der Waals surface area contributed by atoms with Gasteiger partial charge in [0.1, 0.15) is 11.5 Å². The van der Waals surface area contributed by atoms with Crippen LogP contribution in [0.15, 0.2) is 125 Å². The normalized spacial score (nSPS) is 16.5. The third-order valence-electron chi connectivity index (χ3n) is 8.84. The van der Waals surface area contributed by atoms with E-state index in [1.807, 2.05) is 65.2 Å². The van der Waals surface area contributed by atoms with Crippen molar-refractivity contribution in [2.45, 2.75) is 12.1 Å². The minimum absolute atomic E-state index is 0.104. The standard InChI is InChI=1S/C39H21N5O/c40-20-23-4-10-26(11-5-23)29-18-34(28-14-8-25(22-42)9-15-28)37-35(19-29)44-38(43-37)32-17-16-30(27-12-6-24(21-41)7-13-27)31-2-1-3-33(36(31)32)39(44)45/h1-19,35,37H. The lowest BCUT2D eigenvalue weighted by atomic mass is 9.84. The van der Waals surface area contributed by atoms with Crippen molar-refractivity contribution in [3.63, 3.8) is 0 Å². The summed E-state index contributed by atoms with van der Waals surface area (Å²) < 4.78 is 1.82. The first-order valence-electron chi connectivity index (χ1n) is 14.5. The van der Waals surface area contributed by atoms with Crippen LogP contribution >= 0.6 is 0 Å². The zero-order valence-electron chi connectivity index (χ0n) is 23.8. The predicted octanol–water partition coefficient (Wildman–Crippen LogP) is 6.88. The molecule has 0 bridgehead atoms. The van der Waals surface area contributed by atoms with Crippen LogP contribution in [-0.2, 0) is 0 Å². The summed E-state index contributed by atoms with van der Waals surface area (Å²) in [5.41, 5.74) is 7.98. The monoisotopic (exact) mass is 575 g/mol. The van der Waals surface area contributed by atoms with Gasteiger partial charge in [-0.1, -0.05) is 60.7 Å². The summed E-state index contributed by atoms with van der Waals surface area (Å²) in [6.07, 6.45) is 4.21. The number of fused-ring (bicyclic) bond motifs is 4. The van der Waals surface area contributed by atoms with Crippen LogP contribution in [0.1, 0.15) is 33.9 Å².